The number of hydrogen-bond donors (Lipinski definition) is 0. The maximum Gasteiger partial charge on any atom is 0.351 e. The average Bonchev–Trinajstić information content (AvgIpc) is 2.97. The molecule has 1 aliphatic rings. The van der Waals surface area contributed by atoms with Crippen molar-refractivity contribution in [3.8, 4) is 11.5 Å². The molecule has 1 aromatic carbocycles. The molecule has 2 aromatic rings. The van der Waals surface area contributed by atoms with E-state index in [9.17, 15) is 9.59 Å². The highest BCUT2D eigenvalue weighted by atomic mass is 16.6. The molecular formula is C20H23NO6. The molecule has 0 bridgehead atoms. The van der Waals surface area contributed by atoms with Crippen molar-refractivity contribution in [2.24, 2.45) is 0 Å². The van der Waals surface area contributed by atoms with Gasteiger partial charge in [-0.2, -0.15) is 0 Å². The molecule has 144 valence electrons. The van der Waals surface area contributed by atoms with E-state index >= 15 is 0 Å². The Kier molecular flexibility index (Phi) is 5.81. The van der Waals surface area contributed by atoms with E-state index in [1.54, 1.807) is 31.4 Å². The van der Waals surface area contributed by atoms with Crippen LogP contribution in [0.2, 0.25) is 0 Å². The normalized spacial score (nSPS) is 15.4. The summed E-state index contributed by atoms with van der Waals surface area (Å²) in [6, 6.07) is 8.90. The first-order chi connectivity index (χ1) is 13.0. The summed E-state index contributed by atoms with van der Waals surface area (Å²) in [5.74, 6) is 0.197. The van der Waals surface area contributed by atoms with E-state index in [0.717, 1.165) is 11.4 Å². The van der Waals surface area contributed by atoms with Crippen LogP contribution in [0.1, 0.15) is 21.7 Å². The fraction of sp³-hybridized carbons (Fsp3) is 0.400. The number of methoxy groups -OCH3 is 1. The number of carbonyl (C=O) groups is 2. The van der Waals surface area contributed by atoms with Crippen molar-refractivity contribution < 1.29 is 28.5 Å². The van der Waals surface area contributed by atoms with E-state index in [1.807, 2.05) is 24.5 Å². The van der Waals surface area contributed by atoms with Crippen LogP contribution in [0, 0.1) is 13.8 Å². The van der Waals surface area contributed by atoms with Gasteiger partial charge in [-0.05, 0) is 32.0 Å². The van der Waals surface area contributed by atoms with Gasteiger partial charge in [0.1, 0.15) is 6.61 Å². The Morgan fingerprint density at radius 2 is 1.96 bits per heavy atom. The van der Waals surface area contributed by atoms with Gasteiger partial charge in [-0.1, -0.05) is 12.1 Å². The van der Waals surface area contributed by atoms with Crippen LogP contribution < -0.4 is 9.47 Å². The van der Waals surface area contributed by atoms with E-state index in [1.165, 1.54) is 0 Å². The molecule has 0 fully saturated rings. The summed E-state index contributed by atoms with van der Waals surface area (Å²) >= 11 is 0. The third-order valence-corrected chi connectivity index (χ3v) is 4.51. The first-order valence-corrected chi connectivity index (χ1v) is 8.75. The van der Waals surface area contributed by atoms with Crippen LogP contribution in [-0.2, 0) is 20.8 Å². The second-order valence-corrected chi connectivity index (χ2v) is 6.32. The van der Waals surface area contributed by atoms with Gasteiger partial charge in [0.05, 0.1) is 6.61 Å². The number of fused-ring (bicyclic) bond motifs is 1. The third kappa shape index (κ3) is 4.14. The Morgan fingerprint density at radius 1 is 1.22 bits per heavy atom. The summed E-state index contributed by atoms with van der Waals surface area (Å²) in [7, 11) is 1.63. The molecule has 0 aliphatic carbocycles. The number of nitrogens with zero attached hydrogens (tertiary/aromatic N) is 1. The molecular weight excluding hydrogens is 350 g/mol. The Bertz CT molecular complexity index is 841. The Morgan fingerprint density at radius 3 is 2.70 bits per heavy atom. The Labute approximate surface area is 157 Å². The molecule has 0 amide bonds. The number of Topliss-reactive ketones (excluding diaryl/α,β-unsaturated/α-hetero) is 1. The smallest absolute Gasteiger partial charge is 0.351 e. The Balaban J connectivity index is 1.59. The predicted molar refractivity (Wildman–Crippen MR) is 97.4 cm³/mol. The Hall–Kier alpha value is -2.80. The molecule has 0 spiro atoms. The lowest BCUT2D eigenvalue weighted by Gasteiger charge is -2.24. The molecule has 7 nitrogen and oxygen atoms in total. The van der Waals surface area contributed by atoms with Crippen molar-refractivity contribution in [1.29, 1.82) is 0 Å². The third-order valence-electron chi connectivity index (χ3n) is 4.51. The zero-order valence-corrected chi connectivity index (χ0v) is 15.7. The SMILES string of the molecule is COCCn1c(C)cc(C(=O)COC(=O)[C@@H]2COc3ccccc3O2)c1C. The highest BCUT2D eigenvalue weighted by Crippen LogP contribution is 2.31. The van der Waals surface area contributed by atoms with Gasteiger partial charge in [0, 0.05) is 30.6 Å². The van der Waals surface area contributed by atoms with Gasteiger partial charge in [-0.3, -0.25) is 4.79 Å². The molecule has 27 heavy (non-hydrogen) atoms. The van der Waals surface area contributed by atoms with Gasteiger partial charge in [-0.25, -0.2) is 4.79 Å². The number of benzene rings is 1. The van der Waals surface area contributed by atoms with E-state index < -0.39 is 12.1 Å². The van der Waals surface area contributed by atoms with Crippen LogP contribution in [0.5, 0.6) is 11.5 Å². The lowest BCUT2D eigenvalue weighted by molar-refractivity contribution is -0.153. The molecule has 1 atom stereocenters. The summed E-state index contributed by atoms with van der Waals surface area (Å²) in [6.07, 6.45) is -0.887. The number of ether oxygens (including phenoxy) is 4. The van der Waals surface area contributed by atoms with Gasteiger partial charge >= 0.3 is 5.97 Å². The number of carbonyl (C=O) groups excluding carboxylic acids is 2. The van der Waals surface area contributed by atoms with Gasteiger partial charge in [0.25, 0.3) is 0 Å². The van der Waals surface area contributed by atoms with Crippen molar-refractivity contribution in [3.05, 3.63) is 47.3 Å². The van der Waals surface area contributed by atoms with Gasteiger partial charge in [0.15, 0.2) is 18.1 Å². The second kappa shape index (κ2) is 8.26. The average molecular weight is 373 g/mol. The molecule has 0 saturated heterocycles. The quantitative estimate of drug-likeness (QED) is 0.548. The van der Waals surface area contributed by atoms with Crippen LogP contribution >= 0.6 is 0 Å². The summed E-state index contributed by atoms with van der Waals surface area (Å²) < 4.78 is 23.4. The summed E-state index contributed by atoms with van der Waals surface area (Å²) in [5, 5.41) is 0. The number of rotatable bonds is 7. The molecule has 0 radical (unpaired) electrons. The maximum atomic E-state index is 12.5. The predicted octanol–water partition coefficient (Wildman–Crippen LogP) is 2.32. The van der Waals surface area contributed by atoms with Crippen LogP contribution in [0.4, 0.5) is 0 Å². The van der Waals surface area contributed by atoms with Crippen LogP contribution in [0.15, 0.2) is 30.3 Å². The lowest BCUT2D eigenvalue weighted by atomic mass is 10.1. The van der Waals surface area contributed by atoms with Gasteiger partial charge in [-0.15, -0.1) is 0 Å². The molecule has 0 unspecified atom stereocenters. The molecule has 7 heteroatoms. The number of ketones is 1. The molecule has 0 N–H and O–H groups in total. The summed E-state index contributed by atoms with van der Waals surface area (Å²) in [4.78, 5) is 24.7. The highest BCUT2D eigenvalue weighted by Gasteiger charge is 2.29. The van der Waals surface area contributed by atoms with Gasteiger partial charge in [0.2, 0.25) is 11.9 Å². The molecule has 0 saturated carbocycles. The van der Waals surface area contributed by atoms with Crippen molar-refractivity contribution in [2.45, 2.75) is 26.5 Å². The van der Waals surface area contributed by atoms with Gasteiger partial charge < -0.3 is 23.5 Å². The number of hydrogen-bond acceptors (Lipinski definition) is 6. The van der Waals surface area contributed by atoms with E-state index in [0.29, 0.717) is 30.2 Å². The number of esters is 1. The fourth-order valence-electron chi connectivity index (χ4n) is 3.05. The zero-order valence-electron chi connectivity index (χ0n) is 15.7. The molecule has 3 rings (SSSR count). The summed E-state index contributed by atoms with van der Waals surface area (Å²) in [6.45, 7) is 4.72. The highest BCUT2D eigenvalue weighted by molar-refractivity contribution is 5.99. The molecule has 1 aliphatic heterocycles. The lowest BCUT2D eigenvalue weighted by Crippen LogP contribution is -2.38. The first kappa shape index (κ1) is 19.0. The van der Waals surface area contributed by atoms with Crippen molar-refractivity contribution >= 4 is 11.8 Å². The molecule has 2 heterocycles. The number of aromatic nitrogens is 1. The fourth-order valence-corrected chi connectivity index (χ4v) is 3.05. The summed E-state index contributed by atoms with van der Waals surface area (Å²) in [5.41, 5.74) is 2.33. The van der Waals surface area contributed by atoms with E-state index in [4.69, 9.17) is 18.9 Å². The zero-order chi connectivity index (χ0) is 19.4. The van der Waals surface area contributed by atoms with Crippen LogP contribution in [-0.4, -0.2) is 49.4 Å². The first-order valence-electron chi connectivity index (χ1n) is 8.75. The van der Waals surface area contributed by atoms with Crippen molar-refractivity contribution in [2.75, 3.05) is 26.9 Å². The van der Waals surface area contributed by atoms with Crippen molar-refractivity contribution in [3.63, 3.8) is 0 Å². The maximum absolute atomic E-state index is 12.5. The minimum absolute atomic E-state index is 0.0512. The largest absolute Gasteiger partial charge is 0.485 e. The molecule has 1 aromatic heterocycles. The minimum Gasteiger partial charge on any atom is -0.485 e. The van der Waals surface area contributed by atoms with E-state index in [-0.39, 0.29) is 19.0 Å². The minimum atomic E-state index is -0.887. The topological polar surface area (TPSA) is 76.0 Å². The van der Waals surface area contributed by atoms with Crippen LogP contribution in [0.25, 0.3) is 0 Å². The van der Waals surface area contributed by atoms with Crippen LogP contribution in [0.3, 0.4) is 0 Å². The number of para-hydroxylation sites is 2. The number of aryl methyl sites for hydroxylation is 1. The monoisotopic (exact) mass is 373 g/mol. The standard InChI is InChI=1S/C20H23NO6/c1-13-10-15(14(2)21(13)8-9-24-3)16(22)11-26-20(23)19-12-25-17-6-4-5-7-18(17)27-19/h4-7,10,19H,8-9,11-12H2,1-3H3/t19-/m0/s1. The van der Waals surface area contributed by atoms with E-state index in [2.05, 4.69) is 0 Å². The second-order valence-electron chi connectivity index (χ2n) is 6.32. The van der Waals surface area contributed by atoms with Crippen molar-refractivity contribution in [1.82, 2.24) is 4.57 Å².